The molecule has 0 radical (unpaired) electrons. The van der Waals surface area contributed by atoms with E-state index in [4.69, 9.17) is 4.74 Å². The van der Waals surface area contributed by atoms with Crippen LogP contribution in [0.5, 0.6) is 0 Å². The van der Waals surface area contributed by atoms with Gasteiger partial charge in [-0.1, -0.05) is 0 Å². The molecule has 1 N–H and O–H groups in total. The maximum atomic E-state index is 12.5. The Kier molecular flexibility index (Phi) is 5.47. The van der Waals surface area contributed by atoms with Crippen LogP contribution >= 0.6 is 0 Å². The summed E-state index contributed by atoms with van der Waals surface area (Å²) in [5, 5.41) is 2.59. The maximum absolute atomic E-state index is 12.5. The zero-order valence-corrected chi connectivity index (χ0v) is 14.1. The van der Waals surface area contributed by atoms with Crippen LogP contribution in [-0.2, 0) is 27.4 Å². The molecule has 2 aliphatic heterocycles. The van der Waals surface area contributed by atoms with Crippen molar-refractivity contribution in [1.82, 2.24) is 24.7 Å². The SMILES string of the molecule is CC(=O)NCC(=O)N1Cc2nccn2CC(CN2CCOCC2)C1. The van der Waals surface area contributed by atoms with Gasteiger partial charge in [0.2, 0.25) is 11.8 Å². The van der Waals surface area contributed by atoms with Crippen molar-refractivity contribution in [2.45, 2.75) is 20.0 Å². The summed E-state index contributed by atoms with van der Waals surface area (Å²) in [6, 6.07) is 0. The van der Waals surface area contributed by atoms with Gasteiger partial charge >= 0.3 is 0 Å². The third kappa shape index (κ3) is 4.33. The van der Waals surface area contributed by atoms with Gasteiger partial charge in [-0.15, -0.1) is 0 Å². The van der Waals surface area contributed by atoms with Crippen LogP contribution in [-0.4, -0.2) is 77.1 Å². The number of carbonyl (C=O) groups is 2. The number of hydrogen-bond acceptors (Lipinski definition) is 5. The van der Waals surface area contributed by atoms with Gasteiger partial charge in [-0.25, -0.2) is 4.98 Å². The van der Waals surface area contributed by atoms with Gasteiger partial charge in [-0.3, -0.25) is 14.5 Å². The molecule has 0 aromatic carbocycles. The second kappa shape index (κ2) is 7.76. The van der Waals surface area contributed by atoms with Crippen molar-refractivity contribution in [3.8, 4) is 0 Å². The minimum atomic E-state index is -0.190. The predicted octanol–water partition coefficient (Wildman–Crippen LogP) is -0.690. The summed E-state index contributed by atoms with van der Waals surface area (Å²) in [6.07, 6.45) is 3.76. The van der Waals surface area contributed by atoms with Crippen LogP contribution in [0.1, 0.15) is 12.7 Å². The van der Waals surface area contributed by atoms with E-state index in [9.17, 15) is 9.59 Å². The Morgan fingerprint density at radius 2 is 2.12 bits per heavy atom. The first-order chi connectivity index (χ1) is 11.6. The molecule has 0 saturated carbocycles. The quantitative estimate of drug-likeness (QED) is 0.788. The molecule has 1 saturated heterocycles. The Bertz CT molecular complexity index is 582. The first-order valence-corrected chi connectivity index (χ1v) is 8.44. The van der Waals surface area contributed by atoms with Crippen molar-refractivity contribution >= 4 is 11.8 Å². The maximum Gasteiger partial charge on any atom is 0.242 e. The van der Waals surface area contributed by atoms with Crippen molar-refractivity contribution in [2.24, 2.45) is 5.92 Å². The zero-order valence-electron chi connectivity index (χ0n) is 14.1. The third-order valence-electron chi connectivity index (χ3n) is 4.53. The smallest absolute Gasteiger partial charge is 0.242 e. The summed E-state index contributed by atoms with van der Waals surface area (Å²) in [5.74, 6) is 0.980. The van der Waals surface area contributed by atoms with Gasteiger partial charge in [-0.05, 0) is 0 Å². The highest BCUT2D eigenvalue weighted by molar-refractivity contribution is 5.83. The van der Waals surface area contributed by atoms with Crippen LogP contribution in [0.4, 0.5) is 0 Å². The fraction of sp³-hybridized carbons (Fsp3) is 0.688. The molecule has 2 amide bonds. The number of amides is 2. The standard InChI is InChI=1S/C16H25N5O3/c1-13(22)18-8-16(23)21-11-14(9-19-4-6-24-7-5-19)10-20-3-2-17-15(20)12-21/h2-3,14H,4-12H2,1H3,(H,18,22). The zero-order chi connectivity index (χ0) is 16.9. The van der Waals surface area contributed by atoms with Crippen LogP contribution < -0.4 is 5.32 Å². The molecule has 1 aromatic heterocycles. The molecule has 0 spiro atoms. The average Bonchev–Trinajstić information content (AvgIpc) is 2.92. The molecule has 132 valence electrons. The average molecular weight is 335 g/mol. The summed E-state index contributed by atoms with van der Waals surface area (Å²) in [4.78, 5) is 32.1. The number of imidazole rings is 1. The van der Waals surface area contributed by atoms with Crippen molar-refractivity contribution in [1.29, 1.82) is 0 Å². The summed E-state index contributed by atoms with van der Waals surface area (Å²) in [7, 11) is 0. The molecule has 1 aromatic rings. The summed E-state index contributed by atoms with van der Waals surface area (Å²) < 4.78 is 7.55. The lowest BCUT2D eigenvalue weighted by Gasteiger charge is -2.31. The Morgan fingerprint density at radius 1 is 1.33 bits per heavy atom. The van der Waals surface area contributed by atoms with Gasteiger partial charge < -0.3 is 19.5 Å². The van der Waals surface area contributed by atoms with E-state index in [2.05, 4.69) is 19.8 Å². The lowest BCUT2D eigenvalue weighted by atomic mass is 10.1. The highest BCUT2D eigenvalue weighted by Crippen LogP contribution is 2.17. The van der Waals surface area contributed by atoms with Gasteiger partial charge in [-0.2, -0.15) is 0 Å². The van der Waals surface area contributed by atoms with E-state index in [1.807, 2.05) is 11.1 Å². The minimum absolute atomic E-state index is 0.0420. The van der Waals surface area contributed by atoms with E-state index in [-0.39, 0.29) is 18.4 Å². The van der Waals surface area contributed by atoms with E-state index in [0.29, 0.717) is 19.0 Å². The van der Waals surface area contributed by atoms with Crippen LogP contribution in [0, 0.1) is 5.92 Å². The third-order valence-corrected chi connectivity index (χ3v) is 4.53. The van der Waals surface area contributed by atoms with Crippen LogP contribution in [0.25, 0.3) is 0 Å². The highest BCUT2D eigenvalue weighted by atomic mass is 16.5. The summed E-state index contributed by atoms with van der Waals surface area (Å²) in [5.41, 5.74) is 0. The second-order valence-corrected chi connectivity index (χ2v) is 6.46. The summed E-state index contributed by atoms with van der Waals surface area (Å²) in [6.45, 7) is 7.85. The molecule has 1 fully saturated rings. The van der Waals surface area contributed by atoms with Crippen molar-refractivity contribution in [3.05, 3.63) is 18.2 Å². The lowest BCUT2D eigenvalue weighted by Crippen LogP contribution is -2.45. The predicted molar refractivity (Wildman–Crippen MR) is 87.1 cm³/mol. The minimum Gasteiger partial charge on any atom is -0.379 e. The Hall–Kier alpha value is -1.93. The lowest BCUT2D eigenvalue weighted by molar-refractivity contribution is -0.133. The number of morpholine rings is 1. The fourth-order valence-electron chi connectivity index (χ4n) is 3.31. The molecule has 8 heteroatoms. The van der Waals surface area contributed by atoms with Gasteiger partial charge in [0.15, 0.2) is 0 Å². The molecule has 2 aliphatic rings. The number of carbonyl (C=O) groups excluding carboxylic acids is 2. The molecule has 3 heterocycles. The number of aromatic nitrogens is 2. The van der Waals surface area contributed by atoms with Gasteiger partial charge in [0, 0.05) is 58.0 Å². The van der Waals surface area contributed by atoms with Gasteiger partial charge in [0.05, 0.1) is 26.3 Å². The molecule has 24 heavy (non-hydrogen) atoms. The van der Waals surface area contributed by atoms with E-state index in [1.54, 1.807) is 6.20 Å². The molecule has 3 rings (SSSR count). The van der Waals surface area contributed by atoms with Crippen molar-refractivity contribution < 1.29 is 14.3 Å². The normalized spacial score (nSPS) is 21.9. The van der Waals surface area contributed by atoms with E-state index < -0.39 is 0 Å². The molecule has 0 aliphatic carbocycles. The van der Waals surface area contributed by atoms with E-state index >= 15 is 0 Å². The Morgan fingerprint density at radius 3 is 2.88 bits per heavy atom. The van der Waals surface area contributed by atoms with Gasteiger partial charge in [0.1, 0.15) is 5.82 Å². The number of nitrogens with one attached hydrogen (secondary N) is 1. The van der Waals surface area contributed by atoms with E-state index in [1.165, 1.54) is 6.92 Å². The molecule has 8 nitrogen and oxygen atoms in total. The monoisotopic (exact) mass is 335 g/mol. The number of fused-ring (bicyclic) bond motifs is 1. The summed E-state index contributed by atoms with van der Waals surface area (Å²) >= 11 is 0. The number of rotatable bonds is 4. The number of nitrogens with zero attached hydrogens (tertiary/aromatic N) is 4. The highest BCUT2D eigenvalue weighted by Gasteiger charge is 2.27. The van der Waals surface area contributed by atoms with Crippen LogP contribution in [0.2, 0.25) is 0 Å². The molecule has 1 atom stereocenters. The number of hydrogen-bond donors (Lipinski definition) is 1. The molecule has 0 bridgehead atoms. The molecular weight excluding hydrogens is 310 g/mol. The molecular formula is C16H25N5O3. The fourth-order valence-corrected chi connectivity index (χ4v) is 3.31. The first-order valence-electron chi connectivity index (χ1n) is 8.44. The topological polar surface area (TPSA) is 79.7 Å². The number of ether oxygens (including phenoxy) is 1. The van der Waals surface area contributed by atoms with Crippen LogP contribution in [0.15, 0.2) is 12.4 Å². The first kappa shape index (κ1) is 16.9. The Labute approximate surface area is 141 Å². The van der Waals surface area contributed by atoms with Crippen molar-refractivity contribution in [2.75, 3.05) is 45.9 Å². The van der Waals surface area contributed by atoms with E-state index in [0.717, 1.165) is 45.2 Å². The van der Waals surface area contributed by atoms with Crippen molar-refractivity contribution in [3.63, 3.8) is 0 Å². The largest absolute Gasteiger partial charge is 0.379 e. The Balaban J connectivity index is 1.67. The van der Waals surface area contributed by atoms with Gasteiger partial charge in [0.25, 0.3) is 0 Å². The second-order valence-electron chi connectivity index (χ2n) is 6.46. The van der Waals surface area contributed by atoms with Crippen LogP contribution in [0.3, 0.4) is 0 Å². The molecule has 1 unspecified atom stereocenters.